The fourth-order valence-electron chi connectivity index (χ4n) is 4.53. The van der Waals surface area contributed by atoms with E-state index in [-0.39, 0.29) is 12.0 Å². The number of benzene rings is 2. The molecule has 0 radical (unpaired) electrons. The lowest BCUT2D eigenvalue weighted by Crippen LogP contribution is -2.30. The van der Waals surface area contributed by atoms with Crippen LogP contribution >= 0.6 is 0 Å². The molecule has 0 aliphatic carbocycles. The Morgan fingerprint density at radius 2 is 1.94 bits per heavy atom. The molecule has 2 aromatic carbocycles. The zero-order valence-electron chi connectivity index (χ0n) is 19.7. The van der Waals surface area contributed by atoms with E-state index in [0.29, 0.717) is 30.4 Å². The van der Waals surface area contributed by atoms with E-state index in [9.17, 15) is 4.79 Å². The van der Waals surface area contributed by atoms with Gasteiger partial charge in [0, 0.05) is 60.3 Å². The molecule has 1 fully saturated rings. The second-order valence-electron chi connectivity index (χ2n) is 8.84. The maximum Gasteiger partial charge on any atom is 0.270 e. The van der Waals surface area contributed by atoms with Gasteiger partial charge in [0.1, 0.15) is 11.5 Å². The third-order valence-corrected chi connectivity index (χ3v) is 6.52. The van der Waals surface area contributed by atoms with Crippen LogP contribution in [0.2, 0.25) is 0 Å². The van der Waals surface area contributed by atoms with Crippen molar-refractivity contribution in [2.45, 2.75) is 12.5 Å². The van der Waals surface area contributed by atoms with Crippen LogP contribution in [0, 0.1) is 0 Å². The molecule has 4 heterocycles. The smallest absolute Gasteiger partial charge is 0.270 e. The lowest BCUT2D eigenvalue weighted by Gasteiger charge is -2.14. The van der Waals surface area contributed by atoms with Crippen LogP contribution in [-0.2, 0) is 4.74 Å². The summed E-state index contributed by atoms with van der Waals surface area (Å²) in [6.07, 6.45) is 6.36. The van der Waals surface area contributed by atoms with Gasteiger partial charge in [-0.3, -0.25) is 9.89 Å². The minimum Gasteiger partial charge on any atom is -0.380 e. The van der Waals surface area contributed by atoms with Crippen molar-refractivity contribution in [3.05, 3.63) is 78.9 Å². The molecule has 1 saturated heterocycles. The number of aromatic amines is 2. The first-order valence-electron chi connectivity index (χ1n) is 11.8. The highest BCUT2D eigenvalue weighted by atomic mass is 16.5. The minimum atomic E-state index is -0.00599. The van der Waals surface area contributed by atoms with Crippen molar-refractivity contribution in [2.24, 2.45) is 0 Å². The Hall–Kier alpha value is -4.50. The number of H-pyrrole nitrogens is 2. The molecule has 9 heteroatoms. The number of amides is 1. The van der Waals surface area contributed by atoms with Gasteiger partial charge in [0.15, 0.2) is 5.82 Å². The molecule has 1 unspecified atom stereocenters. The third-order valence-electron chi connectivity index (χ3n) is 6.52. The summed E-state index contributed by atoms with van der Waals surface area (Å²) >= 11 is 0. The number of anilines is 2. The van der Waals surface area contributed by atoms with Crippen LogP contribution in [0.3, 0.4) is 0 Å². The molecule has 0 saturated carbocycles. The van der Waals surface area contributed by atoms with Gasteiger partial charge >= 0.3 is 0 Å². The summed E-state index contributed by atoms with van der Waals surface area (Å²) in [5, 5.41) is 11.1. The monoisotopic (exact) mass is 479 g/mol. The molecule has 9 nitrogen and oxygen atoms in total. The molecular formula is C27H25N7O2. The molecule has 180 valence electrons. The normalized spacial score (nSPS) is 15.5. The maximum atomic E-state index is 12.9. The quantitative estimate of drug-likeness (QED) is 0.328. The fraction of sp³-hybridized carbons (Fsp3) is 0.185. The van der Waals surface area contributed by atoms with E-state index >= 15 is 0 Å². The number of carbonyl (C=O) groups excluding carboxylic acids is 1. The second-order valence-corrected chi connectivity index (χ2v) is 8.84. The molecular weight excluding hydrogens is 454 g/mol. The molecule has 0 spiro atoms. The number of ether oxygens (including phenoxy) is 1. The van der Waals surface area contributed by atoms with Crippen molar-refractivity contribution in [1.29, 1.82) is 0 Å². The number of aromatic nitrogens is 5. The molecule has 36 heavy (non-hydrogen) atoms. The second kappa shape index (κ2) is 9.27. The predicted octanol–water partition coefficient (Wildman–Crippen LogP) is 4.62. The summed E-state index contributed by atoms with van der Waals surface area (Å²) in [5.41, 5.74) is 5.35. The van der Waals surface area contributed by atoms with Crippen molar-refractivity contribution in [3.63, 3.8) is 0 Å². The highest BCUT2D eigenvalue weighted by Gasteiger charge is 2.27. The average Bonchev–Trinajstić information content (AvgIpc) is 3.69. The Bertz CT molecular complexity index is 1510. The van der Waals surface area contributed by atoms with Crippen LogP contribution in [0.1, 0.15) is 16.9 Å². The maximum absolute atomic E-state index is 12.9. The molecule has 3 aromatic heterocycles. The fourth-order valence-corrected chi connectivity index (χ4v) is 4.53. The van der Waals surface area contributed by atoms with Crippen molar-refractivity contribution in [3.8, 4) is 22.5 Å². The number of carbonyl (C=O) groups is 1. The number of hydrogen-bond acceptors (Lipinski definition) is 6. The molecule has 0 bridgehead atoms. The summed E-state index contributed by atoms with van der Waals surface area (Å²) in [6.45, 7) is 1.33. The average molecular weight is 480 g/mol. The van der Waals surface area contributed by atoms with Gasteiger partial charge in [-0.05, 0) is 42.3 Å². The highest BCUT2D eigenvalue weighted by molar-refractivity contribution is 5.98. The van der Waals surface area contributed by atoms with E-state index in [4.69, 9.17) is 9.72 Å². The third kappa shape index (κ3) is 4.32. The number of fused-ring (bicyclic) bond motifs is 1. The number of nitrogens with one attached hydrogen (secondary N) is 3. The van der Waals surface area contributed by atoms with Crippen LogP contribution in [0.4, 0.5) is 11.5 Å². The van der Waals surface area contributed by atoms with Crippen LogP contribution < -0.4 is 5.32 Å². The van der Waals surface area contributed by atoms with Crippen molar-refractivity contribution in [2.75, 3.05) is 25.5 Å². The predicted molar refractivity (Wildman–Crippen MR) is 138 cm³/mol. The van der Waals surface area contributed by atoms with Crippen LogP contribution in [0.15, 0.2) is 73.2 Å². The Balaban J connectivity index is 1.20. The molecule has 1 aliphatic rings. The molecule has 1 atom stereocenters. The van der Waals surface area contributed by atoms with E-state index < -0.39 is 0 Å². The number of rotatable bonds is 6. The van der Waals surface area contributed by atoms with Gasteiger partial charge in [0.2, 0.25) is 0 Å². The molecule has 5 aromatic rings. The molecule has 3 N–H and O–H groups in total. The zero-order valence-corrected chi connectivity index (χ0v) is 19.7. The molecule has 1 aliphatic heterocycles. The van der Waals surface area contributed by atoms with Gasteiger partial charge in [0.25, 0.3) is 5.91 Å². The number of methoxy groups -OCH3 is 1. The van der Waals surface area contributed by atoms with Crippen molar-refractivity contribution >= 4 is 28.3 Å². The summed E-state index contributed by atoms with van der Waals surface area (Å²) in [4.78, 5) is 27.2. The first-order chi connectivity index (χ1) is 17.7. The Morgan fingerprint density at radius 3 is 2.72 bits per heavy atom. The number of nitrogens with zero attached hydrogens (tertiary/aromatic N) is 4. The van der Waals surface area contributed by atoms with E-state index in [2.05, 4.69) is 25.5 Å². The summed E-state index contributed by atoms with van der Waals surface area (Å²) < 4.78 is 5.39. The first-order valence-corrected chi connectivity index (χ1v) is 11.8. The number of likely N-dealkylation sites (tertiary alicyclic amines) is 1. The standard InChI is InChI=1S/C27H25N7O2/c1-36-22-9-11-34(16-22)27(35)24-12-18-2-3-19(13-23(18)32-24)26-28-10-8-25(33-26)31-21-6-4-17(5-7-21)20-14-29-30-15-20/h2-8,10,12-15,22,32H,9,11,16H2,1H3,(H,29,30)(H,28,31,33). The van der Waals surface area contributed by atoms with E-state index in [1.807, 2.05) is 65.7 Å². The van der Waals surface area contributed by atoms with E-state index in [0.717, 1.165) is 39.7 Å². The van der Waals surface area contributed by atoms with Gasteiger partial charge in [-0.15, -0.1) is 0 Å². The first kappa shape index (κ1) is 22.0. The summed E-state index contributed by atoms with van der Waals surface area (Å²) in [6, 6.07) is 17.7. The van der Waals surface area contributed by atoms with Crippen molar-refractivity contribution < 1.29 is 9.53 Å². The van der Waals surface area contributed by atoms with E-state index in [1.165, 1.54) is 0 Å². The van der Waals surface area contributed by atoms with Crippen LogP contribution in [0.25, 0.3) is 33.4 Å². The van der Waals surface area contributed by atoms with Gasteiger partial charge in [-0.1, -0.05) is 24.3 Å². The minimum absolute atomic E-state index is 0.00599. The Labute approximate surface area is 207 Å². The van der Waals surface area contributed by atoms with Gasteiger partial charge < -0.3 is 19.9 Å². The number of hydrogen-bond donors (Lipinski definition) is 3. The highest BCUT2D eigenvalue weighted by Crippen LogP contribution is 2.26. The zero-order chi connectivity index (χ0) is 24.5. The lowest BCUT2D eigenvalue weighted by atomic mass is 10.1. The SMILES string of the molecule is COC1CCN(C(=O)c2cc3ccc(-c4nccc(Nc5ccc(-c6cn[nH]c6)cc5)n4)cc3[nH]2)C1. The van der Waals surface area contributed by atoms with Crippen molar-refractivity contribution in [1.82, 2.24) is 30.0 Å². The van der Waals surface area contributed by atoms with E-state index in [1.54, 1.807) is 19.5 Å². The Kier molecular flexibility index (Phi) is 5.67. The van der Waals surface area contributed by atoms with Crippen LogP contribution in [-0.4, -0.2) is 62.3 Å². The summed E-state index contributed by atoms with van der Waals surface area (Å²) in [7, 11) is 1.69. The summed E-state index contributed by atoms with van der Waals surface area (Å²) in [5.74, 6) is 1.29. The topological polar surface area (TPSA) is 112 Å². The molecule has 1 amide bonds. The van der Waals surface area contributed by atoms with Gasteiger partial charge in [0.05, 0.1) is 12.3 Å². The lowest BCUT2D eigenvalue weighted by molar-refractivity contribution is 0.0720. The Morgan fingerprint density at radius 1 is 1.08 bits per heavy atom. The molecule has 6 rings (SSSR count). The van der Waals surface area contributed by atoms with Gasteiger partial charge in [-0.2, -0.15) is 5.10 Å². The largest absolute Gasteiger partial charge is 0.380 e. The van der Waals surface area contributed by atoms with Crippen LogP contribution in [0.5, 0.6) is 0 Å². The van der Waals surface area contributed by atoms with Gasteiger partial charge in [-0.25, -0.2) is 9.97 Å².